The molecule has 0 N–H and O–H groups in total. The summed E-state index contributed by atoms with van der Waals surface area (Å²) in [5, 5.41) is 0. The van der Waals surface area contributed by atoms with E-state index >= 15 is 0 Å². The highest BCUT2D eigenvalue weighted by Crippen LogP contribution is 2.26. The number of benzene rings is 1. The fourth-order valence-electron chi connectivity index (χ4n) is 1.95. The second-order valence-corrected chi connectivity index (χ2v) is 6.44. The van der Waals surface area contributed by atoms with Crippen LogP contribution in [0.4, 0.5) is 8.78 Å². The van der Waals surface area contributed by atoms with Gasteiger partial charge in [0, 0.05) is 5.57 Å². The molecule has 28 heavy (non-hydrogen) atoms. The molecule has 0 spiro atoms. The number of methoxy groups -OCH3 is 1. The highest BCUT2D eigenvalue weighted by atomic mass is 19.2. The maximum atomic E-state index is 14.0. The SMILES string of the molecule is C=C(/C=C\C(=C)C(=C)/C(F)=C(/F)C(=C)OC)CCc1ccc(C)cc1.CCC. The van der Waals surface area contributed by atoms with E-state index in [1.807, 2.05) is 6.92 Å². The van der Waals surface area contributed by atoms with E-state index in [2.05, 4.69) is 69.2 Å². The molecule has 0 aliphatic heterocycles. The van der Waals surface area contributed by atoms with Crippen molar-refractivity contribution in [2.75, 3.05) is 7.11 Å². The van der Waals surface area contributed by atoms with Crippen molar-refractivity contribution in [2.24, 2.45) is 0 Å². The summed E-state index contributed by atoms with van der Waals surface area (Å²) in [4.78, 5) is 0. The highest BCUT2D eigenvalue weighted by molar-refractivity contribution is 5.49. The van der Waals surface area contributed by atoms with Gasteiger partial charge >= 0.3 is 0 Å². The highest BCUT2D eigenvalue weighted by Gasteiger charge is 2.14. The molecule has 0 heterocycles. The van der Waals surface area contributed by atoms with Crippen LogP contribution >= 0.6 is 0 Å². The average molecular weight is 387 g/mol. The molecule has 0 unspecified atom stereocenters. The minimum absolute atomic E-state index is 0.154. The third-order valence-electron chi connectivity index (χ3n) is 3.71. The molecule has 0 aromatic heterocycles. The van der Waals surface area contributed by atoms with E-state index in [0.717, 1.165) is 18.4 Å². The van der Waals surface area contributed by atoms with Crippen molar-refractivity contribution in [1.82, 2.24) is 0 Å². The predicted molar refractivity (Wildman–Crippen MR) is 117 cm³/mol. The summed E-state index contributed by atoms with van der Waals surface area (Å²) in [6.45, 7) is 20.8. The van der Waals surface area contributed by atoms with Crippen LogP contribution in [0.15, 0.2) is 96.9 Å². The second kappa shape index (κ2) is 13.5. The molecular formula is C25H32F2O. The fourth-order valence-corrected chi connectivity index (χ4v) is 1.95. The summed E-state index contributed by atoms with van der Waals surface area (Å²) in [5.41, 5.74) is 3.40. The van der Waals surface area contributed by atoms with Gasteiger partial charge in [-0.15, -0.1) is 0 Å². The summed E-state index contributed by atoms with van der Waals surface area (Å²) in [6, 6.07) is 8.30. The Hall–Kier alpha value is -2.68. The van der Waals surface area contributed by atoms with Gasteiger partial charge in [0.25, 0.3) is 0 Å². The molecule has 152 valence electrons. The fraction of sp³-hybridized carbons (Fsp3) is 0.280. The first-order valence-electron chi connectivity index (χ1n) is 9.26. The van der Waals surface area contributed by atoms with Crippen molar-refractivity contribution >= 4 is 0 Å². The number of hydrogen-bond donors (Lipinski definition) is 0. The van der Waals surface area contributed by atoms with E-state index in [1.54, 1.807) is 12.2 Å². The second-order valence-electron chi connectivity index (χ2n) is 6.44. The van der Waals surface area contributed by atoms with Crippen molar-refractivity contribution in [3.05, 3.63) is 108 Å². The van der Waals surface area contributed by atoms with Gasteiger partial charge in [0.15, 0.2) is 5.83 Å². The Bertz CT molecular complexity index is 749. The topological polar surface area (TPSA) is 9.23 Å². The first-order chi connectivity index (χ1) is 13.2. The van der Waals surface area contributed by atoms with Gasteiger partial charge in [0.05, 0.1) is 7.11 Å². The molecule has 0 aliphatic carbocycles. The lowest BCUT2D eigenvalue weighted by Crippen LogP contribution is -1.93. The summed E-state index contributed by atoms with van der Waals surface area (Å²) >= 11 is 0. The number of allylic oxidation sites excluding steroid dienone is 7. The molecule has 3 heteroatoms. The summed E-state index contributed by atoms with van der Waals surface area (Å²) in [6.07, 6.45) is 6.17. The largest absolute Gasteiger partial charge is 0.494 e. The third-order valence-corrected chi connectivity index (χ3v) is 3.71. The zero-order valence-electron chi connectivity index (χ0n) is 17.6. The molecule has 0 bridgehead atoms. The van der Waals surface area contributed by atoms with Crippen molar-refractivity contribution in [3.8, 4) is 0 Å². The Morgan fingerprint density at radius 1 is 0.964 bits per heavy atom. The quantitative estimate of drug-likeness (QED) is 0.310. The van der Waals surface area contributed by atoms with E-state index in [1.165, 1.54) is 24.7 Å². The maximum Gasteiger partial charge on any atom is 0.200 e. The molecule has 0 atom stereocenters. The van der Waals surface area contributed by atoms with E-state index in [0.29, 0.717) is 0 Å². The molecular weight excluding hydrogens is 354 g/mol. The lowest BCUT2D eigenvalue weighted by atomic mass is 10.0. The molecule has 1 aromatic rings. The zero-order chi connectivity index (χ0) is 21.7. The van der Waals surface area contributed by atoms with Crippen molar-refractivity contribution in [1.29, 1.82) is 0 Å². The minimum Gasteiger partial charge on any atom is -0.494 e. The van der Waals surface area contributed by atoms with Crippen molar-refractivity contribution in [2.45, 2.75) is 40.0 Å². The number of ether oxygens (including phenoxy) is 1. The normalized spacial score (nSPS) is 11.2. The molecule has 1 rings (SSSR count). The number of hydrogen-bond acceptors (Lipinski definition) is 1. The van der Waals surface area contributed by atoms with Gasteiger partial charge in [-0.25, -0.2) is 4.39 Å². The van der Waals surface area contributed by atoms with E-state index in [-0.39, 0.29) is 11.1 Å². The molecule has 0 fully saturated rings. The number of halogens is 2. The van der Waals surface area contributed by atoms with Crippen LogP contribution in [0.2, 0.25) is 0 Å². The van der Waals surface area contributed by atoms with Gasteiger partial charge in [-0.2, -0.15) is 4.39 Å². The standard InChI is InChI=1S/C22H24F2O.C3H8/c1-15(8-12-20-13-9-16(2)10-14-20)7-11-17(3)18(4)21(23)22(24)19(5)25-6;1-3-2/h7,9-11,13-14H,1,3-5,8,12H2,2,6H3;3H2,1-2H3/b11-7-,22-21-;. The Balaban J connectivity index is 0.00000227. The molecule has 0 saturated heterocycles. The van der Waals surface area contributed by atoms with E-state index < -0.39 is 17.4 Å². The lowest BCUT2D eigenvalue weighted by Gasteiger charge is -2.07. The van der Waals surface area contributed by atoms with E-state index in [9.17, 15) is 8.78 Å². The maximum absolute atomic E-state index is 14.0. The number of aryl methyl sites for hydroxylation is 2. The average Bonchev–Trinajstić information content (AvgIpc) is 2.69. The van der Waals surface area contributed by atoms with Gasteiger partial charge < -0.3 is 4.74 Å². The predicted octanol–water partition coefficient (Wildman–Crippen LogP) is 7.88. The van der Waals surface area contributed by atoms with Crippen LogP contribution in [0.1, 0.15) is 37.8 Å². The smallest absolute Gasteiger partial charge is 0.200 e. The summed E-state index contributed by atoms with van der Waals surface area (Å²) in [5.74, 6) is -2.70. The van der Waals surface area contributed by atoms with Crippen molar-refractivity contribution in [3.63, 3.8) is 0 Å². The first-order valence-corrected chi connectivity index (χ1v) is 9.26. The van der Waals surface area contributed by atoms with Crippen LogP contribution < -0.4 is 0 Å². The summed E-state index contributed by atoms with van der Waals surface area (Å²) in [7, 11) is 1.21. The third kappa shape index (κ3) is 9.31. The molecule has 1 nitrogen and oxygen atoms in total. The van der Waals surface area contributed by atoms with Gasteiger partial charge in [0.2, 0.25) is 5.83 Å². The minimum atomic E-state index is -1.18. The van der Waals surface area contributed by atoms with Gasteiger partial charge in [-0.1, -0.05) is 94.1 Å². The van der Waals surface area contributed by atoms with Crippen LogP contribution in [-0.4, -0.2) is 7.11 Å². The lowest BCUT2D eigenvalue weighted by molar-refractivity contribution is 0.281. The van der Waals surface area contributed by atoms with Crippen LogP contribution in [0, 0.1) is 6.92 Å². The monoisotopic (exact) mass is 386 g/mol. The molecule has 0 amide bonds. The number of rotatable bonds is 9. The van der Waals surface area contributed by atoms with Crippen LogP contribution in [0.25, 0.3) is 0 Å². The summed E-state index contributed by atoms with van der Waals surface area (Å²) < 4.78 is 32.2. The zero-order valence-corrected chi connectivity index (χ0v) is 17.6. The first kappa shape index (κ1) is 25.3. The van der Waals surface area contributed by atoms with Gasteiger partial charge in [-0.3, -0.25) is 0 Å². The van der Waals surface area contributed by atoms with Gasteiger partial charge in [0.1, 0.15) is 5.76 Å². The molecule has 0 saturated carbocycles. The van der Waals surface area contributed by atoms with Crippen molar-refractivity contribution < 1.29 is 13.5 Å². The Kier molecular flexibility index (Phi) is 12.2. The Morgan fingerprint density at radius 3 is 2.00 bits per heavy atom. The Morgan fingerprint density at radius 2 is 1.50 bits per heavy atom. The van der Waals surface area contributed by atoms with Crippen LogP contribution in [0.3, 0.4) is 0 Å². The molecule has 0 aliphatic rings. The molecule has 0 radical (unpaired) electrons. The Labute approximate surface area is 169 Å². The van der Waals surface area contributed by atoms with Gasteiger partial charge in [-0.05, 0) is 30.9 Å². The molecule has 1 aromatic carbocycles. The van der Waals surface area contributed by atoms with Crippen LogP contribution in [-0.2, 0) is 11.2 Å². The van der Waals surface area contributed by atoms with E-state index in [4.69, 9.17) is 0 Å². The van der Waals surface area contributed by atoms with Crippen LogP contribution in [0.5, 0.6) is 0 Å².